The molecule has 1 fully saturated rings. The summed E-state index contributed by atoms with van der Waals surface area (Å²) in [5.74, 6) is 0.954. The zero-order valence-electron chi connectivity index (χ0n) is 19.7. The molecule has 3 aromatic rings. The molecule has 0 unspecified atom stereocenters. The van der Waals surface area contributed by atoms with Crippen molar-refractivity contribution in [1.82, 2.24) is 14.3 Å². The van der Waals surface area contributed by atoms with Crippen molar-refractivity contribution in [2.75, 3.05) is 32.7 Å². The summed E-state index contributed by atoms with van der Waals surface area (Å²) < 4.78 is 12.3. The number of hydrogen-bond acceptors (Lipinski definition) is 8. The zero-order valence-corrected chi connectivity index (χ0v) is 21.4. The first-order valence-electron chi connectivity index (χ1n) is 11.1. The van der Waals surface area contributed by atoms with Crippen molar-refractivity contribution in [3.05, 3.63) is 74.5 Å². The number of nitrogens with one attached hydrogen (secondary N) is 1. The normalized spacial score (nSPS) is 14.8. The highest BCUT2D eigenvalue weighted by atomic mass is 32.2. The number of nitrogens with zero attached hydrogens (tertiary/aromatic N) is 3. The van der Waals surface area contributed by atoms with Crippen molar-refractivity contribution in [2.24, 2.45) is 0 Å². The maximum absolute atomic E-state index is 13.5. The molecule has 182 valence electrons. The Kier molecular flexibility index (Phi) is 7.84. The van der Waals surface area contributed by atoms with Crippen molar-refractivity contribution in [3.8, 4) is 5.75 Å². The number of thiocarbonyl (C=S) groups is 1. The van der Waals surface area contributed by atoms with Gasteiger partial charge in [-0.25, -0.2) is 4.98 Å². The molecular formula is C25H26N4O4S2. The molecule has 0 spiro atoms. The Balaban J connectivity index is 1.71. The largest absolute Gasteiger partial charge is 0.497 e. The van der Waals surface area contributed by atoms with E-state index in [0.717, 1.165) is 16.9 Å². The van der Waals surface area contributed by atoms with Gasteiger partial charge in [-0.05, 0) is 48.7 Å². The Bertz CT molecular complexity index is 1350. The summed E-state index contributed by atoms with van der Waals surface area (Å²) >= 11 is 6.61. The molecule has 35 heavy (non-hydrogen) atoms. The molecule has 8 nitrogen and oxygen atoms in total. The van der Waals surface area contributed by atoms with E-state index in [1.165, 1.54) is 16.2 Å². The van der Waals surface area contributed by atoms with Crippen LogP contribution in [-0.2, 0) is 16.1 Å². The number of anilines is 1. The highest BCUT2D eigenvalue weighted by Crippen LogP contribution is 2.33. The number of aryl methyl sites for hydroxylation is 1. The van der Waals surface area contributed by atoms with Gasteiger partial charge in [0.1, 0.15) is 21.5 Å². The second kappa shape index (κ2) is 11.0. The minimum absolute atomic E-state index is 0.217. The highest BCUT2D eigenvalue weighted by molar-refractivity contribution is 8.26. The van der Waals surface area contributed by atoms with E-state index in [-0.39, 0.29) is 11.5 Å². The van der Waals surface area contributed by atoms with Crippen molar-refractivity contribution in [1.29, 1.82) is 0 Å². The Morgan fingerprint density at radius 1 is 1.17 bits per heavy atom. The molecule has 1 aliphatic heterocycles. The first kappa shape index (κ1) is 24.9. The van der Waals surface area contributed by atoms with Crippen LogP contribution in [0.15, 0.2) is 52.3 Å². The number of aromatic nitrogens is 2. The average molecular weight is 511 g/mol. The van der Waals surface area contributed by atoms with Crippen molar-refractivity contribution in [3.63, 3.8) is 0 Å². The molecule has 0 bridgehead atoms. The first-order valence-corrected chi connectivity index (χ1v) is 12.3. The Labute approximate surface area is 212 Å². The second-order valence-electron chi connectivity index (χ2n) is 7.95. The summed E-state index contributed by atoms with van der Waals surface area (Å²) in [7, 11) is 3.24. The summed E-state index contributed by atoms with van der Waals surface area (Å²) in [6.07, 6.45) is 3.94. The van der Waals surface area contributed by atoms with Gasteiger partial charge in [0.05, 0.1) is 17.6 Å². The number of pyridine rings is 1. The van der Waals surface area contributed by atoms with Gasteiger partial charge in [-0.3, -0.25) is 18.9 Å². The number of rotatable bonds is 9. The topological polar surface area (TPSA) is 85.2 Å². The van der Waals surface area contributed by atoms with Crippen LogP contribution < -0.4 is 15.6 Å². The van der Waals surface area contributed by atoms with Crippen molar-refractivity contribution < 1.29 is 14.3 Å². The first-order chi connectivity index (χ1) is 16.9. The van der Waals surface area contributed by atoms with Gasteiger partial charge >= 0.3 is 0 Å². The van der Waals surface area contributed by atoms with Gasteiger partial charge in [-0.2, -0.15) is 0 Å². The Hall–Kier alpha value is -3.21. The van der Waals surface area contributed by atoms with Gasteiger partial charge in [-0.15, -0.1) is 0 Å². The number of methoxy groups -OCH3 is 2. The molecular weight excluding hydrogens is 484 g/mol. The third kappa shape index (κ3) is 5.39. The van der Waals surface area contributed by atoms with E-state index in [4.69, 9.17) is 26.7 Å². The third-order valence-corrected chi connectivity index (χ3v) is 6.96. The minimum atomic E-state index is -0.263. The average Bonchev–Trinajstić information content (AvgIpc) is 3.13. The number of fused-ring (bicyclic) bond motifs is 1. The van der Waals surface area contributed by atoms with Crippen molar-refractivity contribution >= 4 is 51.7 Å². The Morgan fingerprint density at radius 2 is 1.94 bits per heavy atom. The van der Waals surface area contributed by atoms with Crippen LogP contribution in [0, 0.1) is 6.92 Å². The van der Waals surface area contributed by atoms with E-state index in [9.17, 15) is 9.59 Å². The van der Waals surface area contributed by atoms with Crippen LogP contribution in [0.2, 0.25) is 0 Å². The summed E-state index contributed by atoms with van der Waals surface area (Å²) in [4.78, 5) is 33.2. The lowest BCUT2D eigenvalue weighted by Crippen LogP contribution is -2.29. The predicted octanol–water partition coefficient (Wildman–Crippen LogP) is 3.86. The molecule has 0 saturated carbocycles. The maximum atomic E-state index is 13.5. The molecule has 10 heteroatoms. The number of carbonyl (C=O) groups is 1. The standard InChI is InChI=1S/C25H26N4O4S2/c1-16-6-4-11-28-22(16)27-21(26-15-17-7-9-18(33-3)10-8-17)19(23(28)30)14-20-24(31)29(25(34)35-20)12-5-13-32-2/h4,6-11,14,26H,5,12-13,15H2,1-3H3/b20-14-. The fraction of sp³-hybridized carbons (Fsp3) is 0.280. The smallest absolute Gasteiger partial charge is 0.267 e. The van der Waals surface area contributed by atoms with Crippen LogP contribution in [0.3, 0.4) is 0 Å². The molecule has 0 aliphatic carbocycles. The van der Waals surface area contributed by atoms with Crippen LogP contribution in [0.25, 0.3) is 11.7 Å². The molecule has 1 aromatic carbocycles. The molecule has 0 radical (unpaired) electrons. The molecule has 1 amide bonds. The van der Waals surface area contributed by atoms with Crippen LogP contribution in [0.4, 0.5) is 5.82 Å². The molecule has 1 aliphatic rings. The lowest BCUT2D eigenvalue weighted by atomic mass is 10.2. The zero-order chi connectivity index (χ0) is 24.9. The van der Waals surface area contributed by atoms with Crippen molar-refractivity contribution in [2.45, 2.75) is 19.9 Å². The van der Waals surface area contributed by atoms with E-state index >= 15 is 0 Å². The fourth-order valence-corrected chi connectivity index (χ4v) is 4.99. The minimum Gasteiger partial charge on any atom is -0.497 e. The number of benzene rings is 1. The Morgan fingerprint density at radius 3 is 2.66 bits per heavy atom. The lowest BCUT2D eigenvalue weighted by Gasteiger charge is -2.14. The van der Waals surface area contributed by atoms with Crippen LogP contribution in [0.5, 0.6) is 5.75 Å². The van der Waals surface area contributed by atoms with Crippen LogP contribution in [-0.4, -0.2) is 51.9 Å². The van der Waals surface area contributed by atoms with Gasteiger partial charge in [0.2, 0.25) is 0 Å². The molecule has 1 saturated heterocycles. The summed E-state index contributed by atoms with van der Waals surface area (Å²) in [6, 6.07) is 11.3. The number of amides is 1. The van der Waals surface area contributed by atoms with Crippen LogP contribution >= 0.6 is 24.0 Å². The lowest BCUT2D eigenvalue weighted by molar-refractivity contribution is -0.122. The van der Waals surface area contributed by atoms with Gasteiger partial charge in [0.25, 0.3) is 11.5 Å². The van der Waals surface area contributed by atoms with E-state index in [2.05, 4.69) is 5.32 Å². The van der Waals surface area contributed by atoms with E-state index in [1.54, 1.807) is 37.5 Å². The summed E-state index contributed by atoms with van der Waals surface area (Å²) in [6.45, 7) is 3.34. The third-order valence-electron chi connectivity index (χ3n) is 5.58. The molecule has 4 rings (SSSR count). The monoisotopic (exact) mass is 510 g/mol. The van der Waals surface area contributed by atoms with Gasteiger partial charge < -0.3 is 14.8 Å². The molecule has 2 aromatic heterocycles. The van der Waals surface area contributed by atoms with Crippen LogP contribution in [0.1, 0.15) is 23.1 Å². The number of carbonyl (C=O) groups excluding carboxylic acids is 1. The number of thioether (sulfide) groups is 1. The van der Waals surface area contributed by atoms with Gasteiger partial charge in [0, 0.05) is 33.0 Å². The van der Waals surface area contributed by atoms with Gasteiger partial charge in [-0.1, -0.05) is 42.2 Å². The molecule has 3 heterocycles. The van der Waals surface area contributed by atoms with E-state index < -0.39 is 0 Å². The van der Waals surface area contributed by atoms with Gasteiger partial charge in [0.15, 0.2) is 0 Å². The second-order valence-corrected chi connectivity index (χ2v) is 9.62. The SMILES string of the molecule is COCCCN1C(=O)/C(=C/c2c(NCc3ccc(OC)cc3)nc3c(C)cccn3c2=O)SC1=S. The van der Waals surface area contributed by atoms with E-state index in [1.807, 2.05) is 37.3 Å². The number of ether oxygens (including phenoxy) is 2. The maximum Gasteiger partial charge on any atom is 0.267 e. The summed E-state index contributed by atoms with van der Waals surface area (Å²) in [5, 5.41) is 3.29. The van der Waals surface area contributed by atoms with E-state index in [0.29, 0.717) is 52.4 Å². The predicted molar refractivity (Wildman–Crippen MR) is 143 cm³/mol. The molecule has 1 N–H and O–H groups in total. The highest BCUT2D eigenvalue weighted by Gasteiger charge is 2.32. The number of hydrogen-bond donors (Lipinski definition) is 1. The fourth-order valence-electron chi connectivity index (χ4n) is 3.70. The molecule has 0 atom stereocenters. The summed E-state index contributed by atoms with van der Waals surface area (Å²) in [5.41, 5.74) is 2.46. The quantitative estimate of drug-likeness (QED) is 0.264.